The number of para-hydroxylation sites is 2. The summed E-state index contributed by atoms with van der Waals surface area (Å²) in [5.41, 5.74) is 3.25. The molecule has 0 atom stereocenters. The summed E-state index contributed by atoms with van der Waals surface area (Å²) in [4.78, 5) is 10.7. The Bertz CT molecular complexity index is 580. The van der Waals surface area contributed by atoms with Gasteiger partial charge in [-0.05, 0) is 18.6 Å². The van der Waals surface area contributed by atoms with Crippen LogP contribution in [0.15, 0.2) is 30.6 Å². The monoisotopic (exact) mass is 271 g/mol. The molecule has 0 bridgehead atoms. The number of hydrogen-bond donors (Lipinski definition) is 2. The molecule has 1 aromatic carbocycles. The first-order valence-corrected chi connectivity index (χ1v) is 6.72. The fourth-order valence-electron chi connectivity index (χ4n) is 2.17. The van der Waals surface area contributed by atoms with Crippen molar-refractivity contribution in [1.29, 1.82) is 0 Å². The first kappa shape index (κ1) is 14.1. The second-order valence-corrected chi connectivity index (χ2v) is 4.69. The van der Waals surface area contributed by atoms with Gasteiger partial charge in [-0.2, -0.15) is 0 Å². The van der Waals surface area contributed by atoms with Crippen molar-refractivity contribution in [2.24, 2.45) is 0 Å². The number of hydrogen-bond acceptors (Lipinski definition) is 5. The largest absolute Gasteiger partial charge is 0.376 e. The zero-order valence-electron chi connectivity index (χ0n) is 12.4. The number of rotatable bonds is 5. The van der Waals surface area contributed by atoms with E-state index in [0.717, 1.165) is 35.0 Å². The molecule has 0 saturated heterocycles. The average molecular weight is 271 g/mol. The summed E-state index contributed by atoms with van der Waals surface area (Å²) in [5.74, 6) is 1.72. The van der Waals surface area contributed by atoms with Crippen LogP contribution in [0.4, 0.5) is 23.0 Å². The molecule has 0 saturated carbocycles. The van der Waals surface area contributed by atoms with Crippen molar-refractivity contribution in [3.05, 3.63) is 36.2 Å². The van der Waals surface area contributed by atoms with Gasteiger partial charge in [-0.15, -0.1) is 0 Å². The summed E-state index contributed by atoms with van der Waals surface area (Å²) < 4.78 is 0. The van der Waals surface area contributed by atoms with Gasteiger partial charge in [-0.25, -0.2) is 9.97 Å². The van der Waals surface area contributed by atoms with E-state index < -0.39 is 0 Å². The minimum absolute atomic E-state index is 0.848. The first-order valence-electron chi connectivity index (χ1n) is 6.72. The molecule has 2 aromatic rings. The molecular formula is C15H21N5. The van der Waals surface area contributed by atoms with E-state index in [9.17, 15) is 0 Å². The van der Waals surface area contributed by atoms with Crippen LogP contribution in [0.3, 0.4) is 0 Å². The minimum Gasteiger partial charge on any atom is -0.376 e. The zero-order chi connectivity index (χ0) is 14.5. The Hall–Kier alpha value is -2.30. The van der Waals surface area contributed by atoms with Gasteiger partial charge < -0.3 is 15.5 Å². The highest BCUT2D eigenvalue weighted by molar-refractivity contribution is 5.75. The number of nitrogens with zero attached hydrogens (tertiary/aromatic N) is 3. The molecule has 2 rings (SSSR count). The maximum Gasteiger partial charge on any atom is 0.139 e. The summed E-state index contributed by atoms with van der Waals surface area (Å²) in [6, 6.07) is 8.17. The maximum absolute atomic E-state index is 4.37. The topological polar surface area (TPSA) is 53.1 Å². The van der Waals surface area contributed by atoms with E-state index in [4.69, 9.17) is 0 Å². The first-order chi connectivity index (χ1) is 9.67. The van der Waals surface area contributed by atoms with Gasteiger partial charge in [0, 0.05) is 26.7 Å². The fraction of sp³-hybridized carbons (Fsp3) is 0.333. The Morgan fingerprint density at radius 3 is 2.45 bits per heavy atom. The molecule has 0 radical (unpaired) electrons. The summed E-state index contributed by atoms with van der Waals surface area (Å²) in [6.07, 6.45) is 2.44. The van der Waals surface area contributed by atoms with Crippen molar-refractivity contribution in [1.82, 2.24) is 9.97 Å². The second kappa shape index (κ2) is 6.23. The summed E-state index contributed by atoms with van der Waals surface area (Å²) in [5, 5.41) is 6.52. The standard InChI is InChI=1S/C15H21N5/c1-5-11-14(16-2)17-10-18-15(11)19-12-8-6-7-9-13(12)20(3)4/h6-10H,5H2,1-4H3,(H2,16,17,18,19). The van der Waals surface area contributed by atoms with E-state index in [0.29, 0.717) is 0 Å². The number of anilines is 4. The fourth-order valence-corrected chi connectivity index (χ4v) is 2.17. The van der Waals surface area contributed by atoms with Gasteiger partial charge in [-0.3, -0.25) is 0 Å². The van der Waals surface area contributed by atoms with Crippen LogP contribution < -0.4 is 15.5 Å². The highest BCUT2D eigenvalue weighted by Gasteiger charge is 2.11. The molecule has 1 aromatic heterocycles. The van der Waals surface area contributed by atoms with E-state index >= 15 is 0 Å². The number of aromatic nitrogens is 2. The molecule has 0 spiro atoms. The Morgan fingerprint density at radius 2 is 1.80 bits per heavy atom. The van der Waals surface area contributed by atoms with E-state index in [1.54, 1.807) is 6.33 Å². The summed E-state index contributed by atoms with van der Waals surface area (Å²) >= 11 is 0. The van der Waals surface area contributed by atoms with Crippen LogP contribution in [0.1, 0.15) is 12.5 Å². The maximum atomic E-state index is 4.37. The quantitative estimate of drug-likeness (QED) is 0.875. The van der Waals surface area contributed by atoms with Gasteiger partial charge in [0.1, 0.15) is 18.0 Å². The van der Waals surface area contributed by atoms with Crippen molar-refractivity contribution < 1.29 is 0 Å². The number of benzene rings is 1. The van der Waals surface area contributed by atoms with Crippen LogP contribution in [0.2, 0.25) is 0 Å². The van der Waals surface area contributed by atoms with Crippen molar-refractivity contribution in [2.75, 3.05) is 36.7 Å². The molecule has 0 amide bonds. The van der Waals surface area contributed by atoms with Gasteiger partial charge >= 0.3 is 0 Å². The van der Waals surface area contributed by atoms with Gasteiger partial charge in [-0.1, -0.05) is 19.1 Å². The minimum atomic E-state index is 0.848. The SMILES string of the molecule is CCc1c(NC)ncnc1Nc1ccccc1N(C)C. The summed E-state index contributed by atoms with van der Waals surface area (Å²) in [6.45, 7) is 2.10. The molecule has 0 unspecified atom stereocenters. The van der Waals surface area contributed by atoms with E-state index in [2.05, 4.69) is 44.6 Å². The zero-order valence-corrected chi connectivity index (χ0v) is 12.4. The van der Waals surface area contributed by atoms with Crippen LogP contribution >= 0.6 is 0 Å². The Kier molecular flexibility index (Phi) is 4.40. The van der Waals surface area contributed by atoms with Crippen molar-refractivity contribution in [3.8, 4) is 0 Å². The van der Waals surface area contributed by atoms with Crippen LogP contribution in [0.5, 0.6) is 0 Å². The Morgan fingerprint density at radius 1 is 1.10 bits per heavy atom. The van der Waals surface area contributed by atoms with E-state index in [1.165, 1.54) is 0 Å². The molecule has 5 heteroatoms. The molecule has 106 valence electrons. The van der Waals surface area contributed by atoms with Gasteiger partial charge in [0.05, 0.1) is 11.4 Å². The predicted octanol–water partition coefficient (Wildman–Crippen LogP) is 2.89. The molecule has 1 heterocycles. The van der Waals surface area contributed by atoms with E-state index in [1.807, 2.05) is 33.3 Å². The highest BCUT2D eigenvalue weighted by atomic mass is 15.1. The van der Waals surface area contributed by atoms with E-state index in [-0.39, 0.29) is 0 Å². The molecule has 2 N–H and O–H groups in total. The molecule has 0 aliphatic rings. The third-order valence-electron chi connectivity index (χ3n) is 3.17. The van der Waals surface area contributed by atoms with Crippen LogP contribution in [-0.2, 0) is 6.42 Å². The molecule has 0 aliphatic heterocycles. The van der Waals surface area contributed by atoms with Crippen molar-refractivity contribution in [2.45, 2.75) is 13.3 Å². The normalized spacial score (nSPS) is 10.2. The molecular weight excluding hydrogens is 250 g/mol. The molecule has 0 aliphatic carbocycles. The van der Waals surface area contributed by atoms with Gasteiger partial charge in [0.15, 0.2) is 0 Å². The Labute approximate surface area is 120 Å². The lowest BCUT2D eigenvalue weighted by molar-refractivity contribution is 1.05. The lowest BCUT2D eigenvalue weighted by atomic mass is 10.2. The van der Waals surface area contributed by atoms with Crippen LogP contribution in [0, 0.1) is 0 Å². The van der Waals surface area contributed by atoms with Crippen LogP contribution in [-0.4, -0.2) is 31.1 Å². The number of nitrogens with one attached hydrogen (secondary N) is 2. The Balaban J connectivity index is 2.40. The third kappa shape index (κ3) is 2.82. The van der Waals surface area contributed by atoms with Gasteiger partial charge in [0.25, 0.3) is 0 Å². The second-order valence-electron chi connectivity index (χ2n) is 4.69. The predicted molar refractivity (Wildman–Crippen MR) is 85.0 cm³/mol. The van der Waals surface area contributed by atoms with Gasteiger partial charge in [0.2, 0.25) is 0 Å². The lowest BCUT2D eigenvalue weighted by Gasteiger charge is -2.19. The third-order valence-corrected chi connectivity index (χ3v) is 3.17. The summed E-state index contributed by atoms with van der Waals surface area (Å²) in [7, 11) is 5.93. The van der Waals surface area contributed by atoms with Crippen LogP contribution in [0.25, 0.3) is 0 Å². The lowest BCUT2D eigenvalue weighted by Crippen LogP contribution is -2.12. The molecule has 0 fully saturated rings. The molecule has 5 nitrogen and oxygen atoms in total. The average Bonchev–Trinajstić information content (AvgIpc) is 2.47. The smallest absolute Gasteiger partial charge is 0.139 e. The molecule has 20 heavy (non-hydrogen) atoms. The van der Waals surface area contributed by atoms with Crippen molar-refractivity contribution >= 4 is 23.0 Å². The van der Waals surface area contributed by atoms with Crippen molar-refractivity contribution in [3.63, 3.8) is 0 Å². The highest BCUT2D eigenvalue weighted by Crippen LogP contribution is 2.29.